The zero-order valence-electron chi connectivity index (χ0n) is 10.5. The summed E-state index contributed by atoms with van der Waals surface area (Å²) in [5, 5.41) is 10.1. The van der Waals surface area contributed by atoms with Crippen LogP contribution in [0.15, 0.2) is 24.5 Å². The van der Waals surface area contributed by atoms with Gasteiger partial charge in [-0.2, -0.15) is 5.10 Å². The molecule has 1 heterocycles. The van der Waals surface area contributed by atoms with Crippen molar-refractivity contribution in [2.45, 2.75) is 26.3 Å². The summed E-state index contributed by atoms with van der Waals surface area (Å²) in [7, 11) is 1.94. The second kappa shape index (κ2) is 5.10. The van der Waals surface area contributed by atoms with Crippen LogP contribution in [0.2, 0.25) is 0 Å². The Hall–Kier alpha value is -1.68. The van der Waals surface area contributed by atoms with E-state index in [0.29, 0.717) is 0 Å². The lowest BCUT2D eigenvalue weighted by atomic mass is 10.0. The predicted octanol–water partition coefficient (Wildman–Crippen LogP) is 1.92. The van der Waals surface area contributed by atoms with E-state index in [1.54, 1.807) is 6.33 Å². The van der Waals surface area contributed by atoms with Gasteiger partial charge in [0.2, 0.25) is 0 Å². The molecule has 2 N–H and O–H groups in total. The Balaban J connectivity index is 2.16. The van der Waals surface area contributed by atoms with Gasteiger partial charge in [-0.3, -0.25) is 5.10 Å². The molecule has 0 spiro atoms. The standard InChI is InChI=1S/C13H18N4/c1-9-4-5-11(6-10(9)2)7-12(14-3)13-15-8-16-17-13/h4-6,8,12,14H,7H2,1-3H3,(H,15,16,17). The second-order valence-corrected chi connectivity index (χ2v) is 4.33. The summed E-state index contributed by atoms with van der Waals surface area (Å²) >= 11 is 0. The van der Waals surface area contributed by atoms with Crippen LogP contribution < -0.4 is 5.32 Å². The molecule has 0 radical (unpaired) electrons. The lowest BCUT2D eigenvalue weighted by molar-refractivity contribution is 0.559. The first-order valence-corrected chi connectivity index (χ1v) is 5.79. The van der Waals surface area contributed by atoms with Gasteiger partial charge < -0.3 is 5.32 Å². The quantitative estimate of drug-likeness (QED) is 0.843. The van der Waals surface area contributed by atoms with Gasteiger partial charge in [0.25, 0.3) is 0 Å². The van der Waals surface area contributed by atoms with Crippen molar-refractivity contribution in [1.82, 2.24) is 20.5 Å². The van der Waals surface area contributed by atoms with E-state index < -0.39 is 0 Å². The molecule has 4 heteroatoms. The number of nitrogens with zero attached hydrogens (tertiary/aromatic N) is 2. The maximum Gasteiger partial charge on any atom is 0.141 e. The van der Waals surface area contributed by atoms with Crippen LogP contribution in [0.5, 0.6) is 0 Å². The van der Waals surface area contributed by atoms with Gasteiger partial charge in [-0.25, -0.2) is 4.98 Å². The molecule has 0 aliphatic heterocycles. The number of benzene rings is 1. The lowest BCUT2D eigenvalue weighted by Gasteiger charge is -2.14. The van der Waals surface area contributed by atoms with Crippen LogP contribution >= 0.6 is 0 Å². The third kappa shape index (κ3) is 2.71. The molecule has 17 heavy (non-hydrogen) atoms. The molecule has 90 valence electrons. The average Bonchev–Trinajstić information content (AvgIpc) is 2.84. The molecule has 0 amide bonds. The predicted molar refractivity (Wildman–Crippen MR) is 67.8 cm³/mol. The maximum absolute atomic E-state index is 4.19. The van der Waals surface area contributed by atoms with Gasteiger partial charge in [0.1, 0.15) is 12.2 Å². The van der Waals surface area contributed by atoms with Crippen LogP contribution in [0.1, 0.15) is 28.6 Å². The van der Waals surface area contributed by atoms with Gasteiger partial charge in [-0.05, 0) is 44.0 Å². The first kappa shape index (κ1) is 11.8. The highest BCUT2D eigenvalue weighted by Crippen LogP contribution is 2.16. The van der Waals surface area contributed by atoms with Gasteiger partial charge >= 0.3 is 0 Å². The van der Waals surface area contributed by atoms with Crippen LogP contribution in [0, 0.1) is 13.8 Å². The Labute approximate surface area is 101 Å². The minimum Gasteiger partial charge on any atom is -0.310 e. The molecule has 1 aromatic carbocycles. The minimum atomic E-state index is 0.180. The van der Waals surface area contributed by atoms with E-state index in [2.05, 4.69) is 52.5 Å². The fourth-order valence-corrected chi connectivity index (χ4v) is 1.88. The van der Waals surface area contributed by atoms with Crippen molar-refractivity contribution in [1.29, 1.82) is 0 Å². The van der Waals surface area contributed by atoms with Crippen molar-refractivity contribution in [3.63, 3.8) is 0 Å². The van der Waals surface area contributed by atoms with E-state index in [9.17, 15) is 0 Å². The smallest absolute Gasteiger partial charge is 0.141 e. The van der Waals surface area contributed by atoms with Crippen molar-refractivity contribution in [2.75, 3.05) is 7.05 Å². The van der Waals surface area contributed by atoms with Gasteiger partial charge in [-0.1, -0.05) is 18.2 Å². The van der Waals surface area contributed by atoms with E-state index in [0.717, 1.165) is 12.2 Å². The highest BCUT2D eigenvalue weighted by molar-refractivity contribution is 5.30. The summed E-state index contributed by atoms with van der Waals surface area (Å²) < 4.78 is 0. The molecule has 0 aliphatic carbocycles. The van der Waals surface area contributed by atoms with Crippen LogP contribution in [0.4, 0.5) is 0 Å². The van der Waals surface area contributed by atoms with Crippen LogP contribution in [0.3, 0.4) is 0 Å². The molecular weight excluding hydrogens is 212 g/mol. The summed E-state index contributed by atoms with van der Waals surface area (Å²) in [5.41, 5.74) is 3.97. The van der Waals surface area contributed by atoms with Crippen LogP contribution in [-0.4, -0.2) is 22.2 Å². The third-order valence-corrected chi connectivity index (χ3v) is 3.12. The summed E-state index contributed by atoms with van der Waals surface area (Å²) in [6, 6.07) is 6.75. The SMILES string of the molecule is CNC(Cc1ccc(C)c(C)c1)c1ncn[nH]1. The largest absolute Gasteiger partial charge is 0.310 e. The van der Waals surface area contributed by atoms with Crippen molar-refractivity contribution in [2.24, 2.45) is 0 Å². The monoisotopic (exact) mass is 230 g/mol. The highest BCUT2D eigenvalue weighted by Gasteiger charge is 2.12. The van der Waals surface area contributed by atoms with E-state index in [-0.39, 0.29) is 6.04 Å². The number of H-pyrrole nitrogens is 1. The first-order valence-electron chi connectivity index (χ1n) is 5.79. The zero-order chi connectivity index (χ0) is 12.3. The Kier molecular flexibility index (Phi) is 3.54. The molecule has 1 unspecified atom stereocenters. The Bertz CT molecular complexity index is 476. The van der Waals surface area contributed by atoms with Crippen molar-refractivity contribution in [3.05, 3.63) is 47.0 Å². The average molecular weight is 230 g/mol. The molecule has 2 rings (SSSR count). The van der Waals surface area contributed by atoms with E-state index in [4.69, 9.17) is 0 Å². The number of aryl methyl sites for hydroxylation is 2. The summed E-state index contributed by atoms with van der Waals surface area (Å²) in [6.45, 7) is 4.27. The normalized spacial score (nSPS) is 12.6. The van der Waals surface area contributed by atoms with Gasteiger partial charge in [0.05, 0.1) is 6.04 Å². The molecule has 0 bridgehead atoms. The fourth-order valence-electron chi connectivity index (χ4n) is 1.88. The maximum atomic E-state index is 4.19. The zero-order valence-corrected chi connectivity index (χ0v) is 10.5. The first-order chi connectivity index (χ1) is 8.20. The molecule has 1 atom stereocenters. The Morgan fingerprint density at radius 1 is 1.29 bits per heavy atom. The number of aromatic amines is 1. The molecule has 0 fully saturated rings. The van der Waals surface area contributed by atoms with Crippen molar-refractivity contribution in [3.8, 4) is 0 Å². The van der Waals surface area contributed by atoms with Crippen LogP contribution in [0.25, 0.3) is 0 Å². The lowest BCUT2D eigenvalue weighted by Crippen LogP contribution is -2.20. The van der Waals surface area contributed by atoms with Crippen LogP contribution in [-0.2, 0) is 6.42 Å². The summed E-state index contributed by atoms with van der Waals surface area (Å²) in [5.74, 6) is 0.880. The molecule has 0 aliphatic rings. The van der Waals surface area contributed by atoms with E-state index >= 15 is 0 Å². The Morgan fingerprint density at radius 3 is 2.71 bits per heavy atom. The number of likely N-dealkylation sites (N-methyl/N-ethyl adjacent to an activating group) is 1. The molecule has 4 nitrogen and oxygen atoms in total. The number of aromatic nitrogens is 3. The minimum absolute atomic E-state index is 0.180. The third-order valence-electron chi connectivity index (χ3n) is 3.12. The fraction of sp³-hybridized carbons (Fsp3) is 0.385. The van der Waals surface area contributed by atoms with Gasteiger partial charge in [-0.15, -0.1) is 0 Å². The van der Waals surface area contributed by atoms with Gasteiger partial charge in [0.15, 0.2) is 0 Å². The topological polar surface area (TPSA) is 53.6 Å². The number of hydrogen-bond donors (Lipinski definition) is 2. The number of hydrogen-bond acceptors (Lipinski definition) is 3. The molecular formula is C13H18N4. The molecule has 0 saturated heterocycles. The van der Waals surface area contributed by atoms with Crippen molar-refractivity contribution >= 4 is 0 Å². The molecule has 1 aromatic heterocycles. The number of nitrogens with one attached hydrogen (secondary N) is 2. The number of rotatable bonds is 4. The second-order valence-electron chi connectivity index (χ2n) is 4.33. The van der Waals surface area contributed by atoms with E-state index in [1.165, 1.54) is 16.7 Å². The van der Waals surface area contributed by atoms with E-state index in [1.807, 2.05) is 7.05 Å². The van der Waals surface area contributed by atoms with Gasteiger partial charge in [0, 0.05) is 0 Å². The summed E-state index contributed by atoms with van der Waals surface area (Å²) in [6.07, 6.45) is 2.45. The van der Waals surface area contributed by atoms with Crippen molar-refractivity contribution < 1.29 is 0 Å². The molecule has 0 saturated carbocycles. The molecule has 2 aromatic rings. The summed E-state index contributed by atoms with van der Waals surface area (Å²) in [4.78, 5) is 4.19. The Morgan fingerprint density at radius 2 is 2.12 bits per heavy atom. The highest BCUT2D eigenvalue weighted by atomic mass is 15.2.